The molecule has 0 aromatic rings. The highest BCUT2D eigenvalue weighted by Crippen LogP contribution is 2.15. The Hall–Kier alpha value is -3.77. The number of ketones is 1. The van der Waals surface area contributed by atoms with E-state index in [0.29, 0.717) is 6.42 Å². The van der Waals surface area contributed by atoms with E-state index in [4.69, 9.17) is 0 Å². The fourth-order valence-corrected chi connectivity index (χ4v) is 5.30. The quantitative estimate of drug-likeness (QED) is 0.0387. The van der Waals surface area contributed by atoms with Crippen LogP contribution in [-0.2, 0) is 33.6 Å². The Bertz CT molecular complexity index is 1060. The summed E-state index contributed by atoms with van der Waals surface area (Å²) in [6.45, 7) is 7.31. The first-order valence-electron chi connectivity index (χ1n) is 17.9. The van der Waals surface area contributed by atoms with E-state index < -0.39 is 60.2 Å². The lowest BCUT2D eigenvalue weighted by Crippen LogP contribution is -2.45. The van der Waals surface area contributed by atoms with Crippen molar-refractivity contribution < 1.29 is 48.9 Å². The molecule has 0 bridgehead atoms. The SMILES string of the molecule is C=C(C)CCCCCCCCCCCCCCCCC(=O)N[C@@H](CCC(=O)N[C@@H](CCC(=O)N[C@@H](CCC(C)=O)C(=O)O)C(=O)O)C(=O)O. The molecule has 13 heteroatoms. The number of allylic oxidation sites excluding steroid dienone is 1. The van der Waals surface area contributed by atoms with Gasteiger partial charge in [0.15, 0.2) is 0 Å². The van der Waals surface area contributed by atoms with E-state index in [-0.39, 0.29) is 44.3 Å². The smallest absolute Gasteiger partial charge is 0.326 e. The molecule has 0 rings (SSSR count). The highest BCUT2D eigenvalue weighted by atomic mass is 16.4. The van der Waals surface area contributed by atoms with Crippen LogP contribution >= 0.6 is 0 Å². The zero-order valence-electron chi connectivity index (χ0n) is 29.7. The Balaban J connectivity index is 4.21. The van der Waals surface area contributed by atoms with Gasteiger partial charge in [-0.05, 0) is 52.4 Å². The number of carbonyl (C=O) groups excluding carboxylic acids is 4. The van der Waals surface area contributed by atoms with E-state index in [1.807, 2.05) is 0 Å². The summed E-state index contributed by atoms with van der Waals surface area (Å²) in [7, 11) is 0. The van der Waals surface area contributed by atoms with Crippen LogP contribution in [0.3, 0.4) is 0 Å². The number of aliphatic carboxylic acids is 3. The molecular weight excluding hydrogens is 634 g/mol. The number of unbranched alkanes of at least 4 members (excludes halogenated alkanes) is 13. The molecule has 0 aliphatic heterocycles. The van der Waals surface area contributed by atoms with Gasteiger partial charge in [-0.25, -0.2) is 14.4 Å². The van der Waals surface area contributed by atoms with Crippen LogP contribution in [0.4, 0.5) is 0 Å². The maximum atomic E-state index is 12.4. The summed E-state index contributed by atoms with van der Waals surface area (Å²) in [6, 6.07) is -4.12. The van der Waals surface area contributed by atoms with E-state index in [1.165, 1.54) is 76.7 Å². The molecule has 13 nitrogen and oxygen atoms in total. The normalized spacial score (nSPS) is 12.7. The number of Topliss-reactive ketones (excluding diaryl/α,β-unsaturated/α-hetero) is 1. The lowest BCUT2D eigenvalue weighted by molar-refractivity contribution is -0.144. The largest absolute Gasteiger partial charge is 0.480 e. The number of hydrogen-bond acceptors (Lipinski definition) is 7. The van der Waals surface area contributed by atoms with E-state index in [0.717, 1.165) is 25.7 Å². The van der Waals surface area contributed by atoms with Gasteiger partial charge in [-0.15, -0.1) is 6.58 Å². The fourth-order valence-electron chi connectivity index (χ4n) is 5.30. The molecule has 6 N–H and O–H groups in total. The molecule has 0 aromatic carbocycles. The highest BCUT2D eigenvalue weighted by Gasteiger charge is 2.26. The zero-order chi connectivity index (χ0) is 37.0. The van der Waals surface area contributed by atoms with Gasteiger partial charge in [0.25, 0.3) is 0 Å². The number of rotatable bonds is 32. The van der Waals surface area contributed by atoms with Gasteiger partial charge in [0.05, 0.1) is 0 Å². The molecular formula is C36H61N3O10. The minimum Gasteiger partial charge on any atom is -0.480 e. The second kappa shape index (κ2) is 28.1. The average molecular weight is 696 g/mol. The lowest BCUT2D eigenvalue weighted by Gasteiger charge is -2.18. The van der Waals surface area contributed by atoms with Gasteiger partial charge in [-0.2, -0.15) is 0 Å². The summed E-state index contributed by atoms with van der Waals surface area (Å²) in [5.41, 5.74) is 1.27. The van der Waals surface area contributed by atoms with Crippen molar-refractivity contribution in [3.63, 3.8) is 0 Å². The molecule has 0 saturated carbocycles. The lowest BCUT2D eigenvalue weighted by atomic mass is 10.0. The molecule has 0 saturated heterocycles. The Morgan fingerprint density at radius 3 is 0.980 bits per heavy atom. The highest BCUT2D eigenvalue weighted by molar-refractivity contribution is 5.87. The number of carbonyl (C=O) groups is 7. The molecule has 0 fully saturated rings. The number of nitrogens with one attached hydrogen (secondary N) is 3. The maximum absolute atomic E-state index is 12.4. The van der Waals surface area contributed by atoms with Gasteiger partial charge < -0.3 is 36.1 Å². The first-order valence-corrected chi connectivity index (χ1v) is 17.9. The third kappa shape index (κ3) is 26.8. The summed E-state index contributed by atoms with van der Waals surface area (Å²) < 4.78 is 0. The van der Waals surface area contributed by atoms with Crippen molar-refractivity contribution >= 4 is 41.4 Å². The maximum Gasteiger partial charge on any atom is 0.326 e. The Morgan fingerprint density at radius 2 is 0.694 bits per heavy atom. The second-order valence-electron chi connectivity index (χ2n) is 13.1. The third-order valence-corrected chi connectivity index (χ3v) is 8.26. The van der Waals surface area contributed by atoms with Crippen LogP contribution in [0.25, 0.3) is 0 Å². The van der Waals surface area contributed by atoms with Crippen molar-refractivity contribution in [2.75, 3.05) is 0 Å². The molecule has 3 amide bonds. The molecule has 3 atom stereocenters. The summed E-state index contributed by atoms with van der Waals surface area (Å²) in [6.07, 6.45) is 16.0. The van der Waals surface area contributed by atoms with Crippen LogP contribution in [0.2, 0.25) is 0 Å². The molecule has 0 spiro atoms. The van der Waals surface area contributed by atoms with Crippen LogP contribution in [0.15, 0.2) is 12.2 Å². The molecule has 0 radical (unpaired) electrons. The van der Waals surface area contributed by atoms with Crippen LogP contribution in [0.1, 0.15) is 155 Å². The predicted molar refractivity (Wildman–Crippen MR) is 186 cm³/mol. The van der Waals surface area contributed by atoms with Crippen molar-refractivity contribution in [3.8, 4) is 0 Å². The Morgan fingerprint density at radius 1 is 0.429 bits per heavy atom. The van der Waals surface area contributed by atoms with Gasteiger partial charge in [-0.1, -0.05) is 82.6 Å². The van der Waals surface area contributed by atoms with Crippen molar-refractivity contribution in [2.45, 2.75) is 173 Å². The standard InChI is InChI=1S/C36H61N3O10/c1-26(2)18-16-14-12-10-8-6-4-5-7-9-11-13-15-17-19-31(41)37-29(35(46)47)22-24-33(43)39-30(36(48)49)23-25-32(42)38-28(34(44)45)21-20-27(3)40/h28-30H,1,4-25H2,2-3H3,(H,37,41)(H,38,42)(H,39,43)(H,44,45)(H,46,47)(H,48,49)/t28-,29-,30-/m0/s1. The number of hydrogen-bond donors (Lipinski definition) is 6. The third-order valence-electron chi connectivity index (χ3n) is 8.26. The van der Waals surface area contributed by atoms with Crippen LogP contribution in [0.5, 0.6) is 0 Å². The van der Waals surface area contributed by atoms with Crippen molar-refractivity contribution in [1.82, 2.24) is 16.0 Å². The first-order chi connectivity index (χ1) is 23.2. The van der Waals surface area contributed by atoms with Crippen molar-refractivity contribution in [3.05, 3.63) is 12.2 Å². The second-order valence-corrected chi connectivity index (χ2v) is 13.1. The topological polar surface area (TPSA) is 216 Å². The van der Waals surface area contributed by atoms with E-state index >= 15 is 0 Å². The van der Waals surface area contributed by atoms with Crippen LogP contribution < -0.4 is 16.0 Å². The summed E-state index contributed by atoms with van der Waals surface area (Å²) in [5.74, 6) is -6.29. The molecule has 0 aliphatic rings. The minimum atomic E-state index is -1.48. The zero-order valence-corrected chi connectivity index (χ0v) is 29.7. The fraction of sp³-hybridized carbons (Fsp3) is 0.750. The summed E-state index contributed by atoms with van der Waals surface area (Å²) >= 11 is 0. The molecule has 0 aliphatic carbocycles. The van der Waals surface area contributed by atoms with Crippen molar-refractivity contribution in [2.24, 2.45) is 0 Å². The number of amides is 3. The Kier molecular flexibility index (Phi) is 25.9. The van der Waals surface area contributed by atoms with Gasteiger partial charge in [-0.3, -0.25) is 14.4 Å². The molecule has 0 aromatic heterocycles. The summed E-state index contributed by atoms with van der Waals surface area (Å²) in [5, 5.41) is 35.1. The molecule has 0 unspecified atom stereocenters. The van der Waals surface area contributed by atoms with Gasteiger partial charge in [0.1, 0.15) is 23.9 Å². The van der Waals surface area contributed by atoms with Gasteiger partial charge in [0, 0.05) is 25.7 Å². The van der Waals surface area contributed by atoms with Crippen molar-refractivity contribution in [1.29, 1.82) is 0 Å². The molecule has 280 valence electrons. The number of carboxylic acids is 3. The average Bonchev–Trinajstić information content (AvgIpc) is 3.02. The van der Waals surface area contributed by atoms with Crippen LogP contribution in [0, 0.1) is 0 Å². The molecule has 49 heavy (non-hydrogen) atoms. The van der Waals surface area contributed by atoms with E-state index in [1.54, 1.807) is 0 Å². The Labute approximate surface area is 291 Å². The monoisotopic (exact) mass is 695 g/mol. The minimum absolute atomic E-state index is 0.0547. The van der Waals surface area contributed by atoms with E-state index in [9.17, 15) is 48.9 Å². The summed E-state index contributed by atoms with van der Waals surface area (Å²) in [4.78, 5) is 82.6. The van der Waals surface area contributed by atoms with E-state index in [2.05, 4.69) is 29.5 Å². The molecule has 0 heterocycles. The number of carboxylic acid groups (broad SMARTS) is 3. The van der Waals surface area contributed by atoms with Gasteiger partial charge in [0.2, 0.25) is 17.7 Å². The van der Waals surface area contributed by atoms with Gasteiger partial charge >= 0.3 is 17.9 Å². The predicted octanol–water partition coefficient (Wildman–Crippen LogP) is 5.44. The van der Waals surface area contributed by atoms with Crippen LogP contribution in [-0.4, -0.2) is 74.9 Å². The first kappa shape index (κ1) is 45.2.